The second-order valence-electron chi connectivity index (χ2n) is 5.04. The lowest BCUT2D eigenvalue weighted by Crippen LogP contribution is -2.24. The quantitative estimate of drug-likeness (QED) is 0.626. The molecule has 0 amide bonds. The number of nitrogens with one attached hydrogen (secondary N) is 1. The lowest BCUT2D eigenvalue weighted by Gasteiger charge is -2.19. The SMILES string of the molecule is COCCCNc1nccc(C(=O)OC(C)(C)C)n1. The van der Waals surface area contributed by atoms with E-state index >= 15 is 0 Å². The van der Waals surface area contributed by atoms with Gasteiger partial charge in [0, 0.05) is 26.5 Å². The predicted molar refractivity (Wildman–Crippen MR) is 72.2 cm³/mol. The van der Waals surface area contributed by atoms with Crippen LogP contribution in [0.3, 0.4) is 0 Å². The summed E-state index contributed by atoms with van der Waals surface area (Å²) in [6, 6.07) is 1.54. The summed E-state index contributed by atoms with van der Waals surface area (Å²) in [5, 5.41) is 3.03. The molecular formula is C13H21N3O3. The lowest BCUT2D eigenvalue weighted by atomic mass is 10.2. The molecule has 0 fully saturated rings. The summed E-state index contributed by atoms with van der Waals surface area (Å²) in [6.45, 7) is 6.80. The number of methoxy groups -OCH3 is 1. The number of aromatic nitrogens is 2. The van der Waals surface area contributed by atoms with E-state index < -0.39 is 11.6 Å². The third-order valence-corrected chi connectivity index (χ3v) is 2.07. The third-order valence-electron chi connectivity index (χ3n) is 2.07. The number of carbonyl (C=O) groups excluding carboxylic acids is 1. The standard InChI is InChI=1S/C13H21N3O3/c1-13(2,3)19-11(17)10-6-8-15-12(16-10)14-7-5-9-18-4/h6,8H,5,7,9H2,1-4H3,(H,14,15,16). The first-order chi connectivity index (χ1) is 8.92. The Morgan fingerprint density at radius 2 is 2.16 bits per heavy atom. The molecule has 0 aromatic carbocycles. The van der Waals surface area contributed by atoms with Crippen molar-refractivity contribution in [1.29, 1.82) is 0 Å². The van der Waals surface area contributed by atoms with E-state index in [9.17, 15) is 4.79 Å². The van der Waals surface area contributed by atoms with E-state index in [-0.39, 0.29) is 5.69 Å². The van der Waals surface area contributed by atoms with E-state index in [1.807, 2.05) is 20.8 Å². The Kier molecular flexibility index (Phi) is 5.69. The van der Waals surface area contributed by atoms with E-state index in [0.717, 1.165) is 6.42 Å². The Hall–Kier alpha value is -1.69. The van der Waals surface area contributed by atoms with Crippen LogP contribution in [0.2, 0.25) is 0 Å². The van der Waals surface area contributed by atoms with Crippen LogP contribution in [-0.2, 0) is 9.47 Å². The monoisotopic (exact) mass is 267 g/mol. The second-order valence-corrected chi connectivity index (χ2v) is 5.04. The fourth-order valence-corrected chi connectivity index (χ4v) is 1.30. The van der Waals surface area contributed by atoms with Gasteiger partial charge in [-0.05, 0) is 33.3 Å². The molecule has 1 rings (SSSR count). The van der Waals surface area contributed by atoms with Crippen molar-refractivity contribution in [3.05, 3.63) is 18.0 Å². The van der Waals surface area contributed by atoms with Crippen molar-refractivity contribution in [1.82, 2.24) is 9.97 Å². The minimum atomic E-state index is -0.534. The van der Waals surface area contributed by atoms with Gasteiger partial charge in [-0.1, -0.05) is 0 Å². The van der Waals surface area contributed by atoms with Gasteiger partial charge in [0.25, 0.3) is 0 Å². The maximum atomic E-state index is 11.8. The number of rotatable bonds is 6. The Morgan fingerprint density at radius 3 is 2.79 bits per heavy atom. The summed E-state index contributed by atoms with van der Waals surface area (Å²) in [4.78, 5) is 20.0. The number of hydrogen-bond acceptors (Lipinski definition) is 6. The summed E-state index contributed by atoms with van der Waals surface area (Å²) >= 11 is 0. The molecule has 0 radical (unpaired) electrons. The first-order valence-corrected chi connectivity index (χ1v) is 6.21. The zero-order chi connectivity index (χ0) is 14.3. The molecule has 0 aliphatic carbocycles. The van der Waals surface area contributed by atoms with Crippen molar-refractivity contribution in [3.63, 3.8) is 0 Å². The molecule has 1 N–H and O–H groups in total. The Labute approximate surface area is 113 Å². The van der Waals surface area contributed by atoms with E-state index in [1.54, 1.807) is 7.11 Å². The largest absolute Gasteiger partial charge is 0.455 e. The average Bonchev–Trinajstić information content (AvgIpc) is 2.33. The first kappa shape index (κ1) is 15.4. The van der Waals surface area contributed by atoms with Crippen LogP contribution in [0.1, 0.15) is 37.7 Å². The van der Waals surface area contributed by atoms with Gasteiger partial charge in [-0.15, -0.1) is 0 Å². The summed E-state index contributed by atoms with van der Waals surface area (Å²) in [7, 11) is 1.65. The van der Waals surface area contributed by atoms with Crippen LogP contribution in [0.15, 0.2) is 12.3 Å². The highest BCUT2D eigenvalue weighted by molar-refractivity contribution is 5.87. The van der Waals surface area contributed by atoms with Gasteiger partial charge in [-0.2, -0.15) is 0 Å². The first-order valence-electron chi connectivity index (χ1n) is 6.21. The van der Waals surface area contributed by atoms with E-state index in [0.29, 0.717) is 19.1 Å². The molecule has 1 aromatic rings. The smallest absolute Gasteiger partial charge is 0.357 e. The molecule has 0 aliphatic rings. The van der Waals surface area contributed by atoms with Crippen LogP contribution in [-0.4, -0.2) is 41.8 Å². The molecule has 1 heterocycles. The molecule has 0 saturated carbocycles. The van der Waals surface area contributed by atoms with Crippen LogP contribution in [0, 0.1) is 0 Å². The fraction of sp³-hybridized carbons (Fsp3) is 0.615. The third kappa shape index (κ3) is 6.15. The zero-order valence-corrected chi connectivity index (χ0v) is 11.9. The molecule has 6 nitrogen and oxygen atoms in total. The van der Waals surface area contributed by atoms with Crippen molar-refractivity contribution in [2.24, 2.45) is 0 Å². The van der Waals surface area contributed by atoms with Gasteiger partial charge in [0.1, 0.15) is 5.60 Å². The number of carbonyl (C=O) groups is 1. The van der Waals surface area contributed by atoms with Crippen LogP contribution in [0.5, 0.6) is 0 Å². The summed E-state index contributed by atoms with van der Waals surface area (Å²) in [5.41, 5.74) is -0.284. The maximum absolute atomic E-state index is 11.8. The zero-order valence-electron chi connectivity index (χ0n) is 11.9. The minimum absolute atomic E-state index is 0.249. The highest BCUT2D eigenvalue weighted by Gasteiger charge is 2.19. The average molecular weight is 267 g/mol. The normalized spacial score (nSPS) is 11.2. The van der Waals surface area contributed by atoms with Crippen molar-refractivity contribution >= 4 is 11.9 Å². The lowest BCUT2D eigenvalue weighted by molar-refractivity contribution is 0.00628. The van der Waals surface area contributed by atoms with Crippen molar-refractivity contribution in [2.45, 2.75) is 32.8 Å². The highest BCUT2D eigenvalue weighted by atomic mass is 16.6. The number of anilines is 1. The second kappa shape index (κ2) is 7.04. The topological polar surface area (TPSA) is 73.3 Å². The van der Waals surface area contributed by atoms with Crippen molar-refractivity contribution in [2.75, 3.05) is 25.6 Å². The van der Waals surface area contributed by atoms with Crippen LogP contribution in [0.4, 0.5) is 5.95 Å². The molecule has 0 aliphatic heterocycles. The van der Waals surface area contributed by atoms with Gasteiger partial charge in [0.2, 0.25) is 5.95 Å². The molecule has 0 spiro atoms. The predicted octanol–water partition coefficient (Wildman–Crippen LogP) is 1.88. The van der Waals surface area contributed by atoms with E-state index in [2.05, 4.69) is 15.3 Å². The van der Waals surface area contributed by atoms with Crippen LogP contribution in [0.25, 0.3) is 0 Å². The molecule has 0 unspecified atom stereocenters. The Balaban J connectivity index is 2.58. The van der Waals surface area contributed by atoms with Crippen LogP contribution >= 0.6 is 0 Å². The van der Waals surface area contributed by atoms with Gasteiger partial charge in [0.05, 0.1) is 0 Å². The molecule has 0 bridgehead atoms. The van der Waals surface area contributed by atoms with Crippen molar-refractivity contribution < 1.29 is 14.3 Å². The molecule has 0 atom stereocenters. The molecule has 0 saturated heterocycles. The van der Waals surface area contributed by atoms with Gasteiger partial charge < -0.3 is 14.8 Å². The minimum Gasteiger partial charge on any atom is -0.455 e. The van der Waals surface area contributed by atoms with Gasteiger partial charge >= 0.3 is 5.97 Å². The number of ether oxygens (including phenoxy) is 2. The van der Waals surface area contributed by atoms with Gasteiger partial charge in [0.15, 0.2) is 5.69 Å². The fourth-order valence-electron chi connectivity index (χ4n) is 1.30. The van der Waals surface area contributed by atoms with Crippen molar-refractivity contribution in [3.8, 4) is 0 Å². The Bertz CT molecular complexity index is 416. The highest BCUT2D eigenvalue weighted by Crippen LogP contribution is 2.11. The molecule has 106 valence electrons. The van der Waals surface area contributed by atoms with Crippen LogP contribution < -0.4 is 5.32 Å². The molecular weight excluding hydrogens is 246 g/mol. The summed E-state index contributed by atoms with van der Waals surface area (Å²) in [5.74, 6) is -0.0331. The Morgan fingerprint density at radius 1 is 1.42 bits per heavy atom. The number of esters is 1. The molecule has 19 heavy (non-hydrogen) atoms. The molecule has 1 aromatic heterocycles. The maximum Gasteiger partial charge on any atom is 0.357 e. The van der Waals surface area contributed by atoms with Gasteiger partial charge in [-0.25, -0.2) is 14.8 Å². The van der Waals surface area contributed by atoms with E-state index in [1.165, 1.54) is 12.3 Å². The van der Waals surface area contributed by atoms with E-state index in [4.69, 9.17) is 9.47 Å². The number of nitrogens with zero attached hydrogens (tertiary/aromatic N) is 2. The summed E-state index contributed by atoms with van der Waals surface area (Å²) < 4.78 is 10.2. The van der Waals surface area contributed by atoms with Gasteiger partial charge in [-0.3, -0.25) is 0 Å². The molecule has 6 heteroatoms. The number of hydrogen-bond donors (Lipinski definition) is 1. The summed E-state index contributed by atoms with van der Waals surface area (Å²) in [6.07, 6.45) is 2.38.